The first-order chi connectivity index (χ1) is 13.7. The molecule has 0 fully saturated rings. The summed E-state index contributed by atoms with van der Waals surface area (Å²) in [7, 11) is 0. The van der Waals surface area contributed by atoms with Gasteiger partial charge in [0.1, 0.15) is 0 Å². The first-order valence-corrected chi connectivity index (χ1v) is 10.1. The fourth-order valence-electron chi connectivity index (χ4n) is 2.44. The summed E-state index contributed by atoms with van der Waals surface area (Å²) in [6.45, 7) is 5.32. The number of nitrogens with one attached hydrogen (secondary N) is 2. The highest BCUT2D eigenvalue weighted by Gasteiger charge is 2.12. The second-order valence-electron chi connectivity index (χ2n) is 6.64. The van der Waals surface area contributed by atoms with Crippen molar-refractivity contribution in [2.24, 2.45) is 0 Å². The van der Waals surface area contributed by atoms with Gasteiger partial charge in [-0.2, -0.15) is 0 Å². The molecule has 0 aliphatic heterocycles. The number of anilines is 2. The number of benzene rings is 2. The normalized spacial score (nSPS) is 10.4. The minimum Gasteiger partial charge on any atom is -0.456 e. The van der Waals surface area contributed by atoms with E-state index in [0.29, 0.717) is 16.4 Å². The number of hydrogen-bond acceptors (Lipinski definition) is 4. The van der Waals surface area contributed by atoms with E-state index in [0.717, 1.165) is 21.2 Å². The predicted octanol–water partition coefficient (Wildman–Crippen LogP) is 4.93. The number of aryl methyl sites for hydroxylation is 3. The second-order valence-corrected chi connectivity index (χ2v) is 7.90. The van der Waals surface area contributed by atoms with Crippen LogP contribution in [0.5, 0.6) is 0 Å². The lowest BCUT2D eigenvalue weighted by Crippen LogP contribution is -2.22. The van der Waals surface area contributed by atoms with Gasteiger partial charge in [0.05, 0.1) is 11.4 Å². The SMILES string of the molecule is Cc1ccc(NC(=O)CCC(=O)OCC(=O)Nc2cc(Cl)c(Br)cc2C)cc1C. The van der Waals surface area contributed by atoms with Gasteiger partial charge in [-0.1, -0.05) is 17.7 Å². The maximum atomic E-state index is 12.0. The molecule has 0 unspecified atom stereocenters. The van der Waals surface area contributed by atoms with E-state index in [1.165, 1.54) is 0 Å². The average Bonchev–Trinajstić information content (AvgIpc) is 2.65. The van der Waals surface area contributed by atoms with Crippen molar-refractivity contribution in [1.29, 1.82) is 0 Å². The largest absolute Gasteiger partial charge is 0.456 e. The van der Waals surface area contributed by atoms with Gasteiger partial charge >= 0.3 is 5.97 Å². The number of ether oxygens (including phenoxy) is 1. The number of halogens is 2. The molecule has 6 nitrogen and oxygen atoms in total. The molecule has 0 aromatic heterocycles. The molecule has 2 aromatic rings. The minimum absolute atomic E-state index is 0.0329. The number of carbonyl (C=O) groups is 3. The van der Waals surface area contributed by atoms with Crippen LogP contribution in [0.3, 0.4) is 0 Å². The van der Waals surface area contributed by atoms with Crippen molar-refractivity contribution in [3.8, 4) is 0 Å². The third-order valence-electron chi connectivity index (χ3n) is 4.25. The molecule has 2 N–H and O–H groups in total. The lowest BCUT2D eigenvalue weighted by atomic mass is 10.1. The molecule has 0 radical (unpaired) electrons. The summed E-state index contributed by atoms with van der Waals surface area (Å²) in [6.07, 6.45) is -0.151. The van der Waals surface area contributed by atoms with E-state index in [1.807, 2.05) is 32.9 Å². The van der Waals surface area contributed by atoms with Crippen LogP contribution in [0.4, 0.5) is 11.4 Å². The Morgan fingerprint density at radius 1 is 0.931 bits per heavy atom. The van der Waals surface area contributed by atoms with Crippen LogP contribution >= 0.6 is 27.5 Å². The third-order valence-corrected chi connectivity index (χ3v) is 5.45. The number of rotatable bonds is 7. The molecule has 0 spiro atoms. The molecule has 0 bridgehead atoms. The molecule has 0 aliphatic rings. The molecule has 154 valence electrons. The Morgan fingerprint density at radius 3 is 2.34 bits per heavy atom. The molecule has 0 heterocycles. The smallest absolute Gasteiger partial charge is 0.306 e. The van der Waals surface area contributed by atoms with Crippen molar-refractivity contribution in [2.75, 3.05) is 17.2 Å². The Balaban J connectivity index is 1.75. The fourth-order valence-corrected chi connectivity index (χ4v) is 3.07. The van der Waals surface area contributed by atoms with E-state index in [1.54, 1.807) is 18.2 Å². The van der Waals surface area contributed by atoms with Gasteiger partial charge < -0.3 is 15.4 Å². The summed E-state index contributed by atoms with van der Waals surface area (Å²) >= 11 is 9.33. The maximum absolute atomic E-state index is 12.0. The molecular formula is C21H22BrClN2O4. The number of esters is 1. The highest BCUT2D eigenvalue weighted by molar-refractivity contribution is 9.10. The third kappa shape index (κ3) is 7.18. The van der Waals surface area contributed by atoms with Crippen LogP contribution in [0.25, 0.3) is 0 Å². The van der Waals surface area contributed by atoms with E-state index in [2.05, 4.69) is 26.6 Å². The van der Waals surface area contributed by atoms with E-state index in [9.17, 15) is 14.4 Å². The van der Waals surface area contributed by atoms with Crippen LogP contribution in [0.1, 0.15) is 29.5 Å². The molecule has 2 amide bonds. The monoisotopic (exact) mass is 480 g/mol. The van der Waals surface area contributed by atoms with Crippen molar-refractivity contribution in [3.05, 3.63) is 56.5 Å². The standard InChI is InChI=1S/C21H22BrClN2O4/c1-12-4-5-15(8-13(12)2)24-19(26)6-7-21(28)29-11-20(27)25-18-10-17(23)16(22)9-14(18)3/h4-5,8-10H,6-7,11H2,1-3H3,(H,24,26)(H,25,27). The fraction of sp³-hybridized carbons (Fsp3) is 0.286. The van der Waals surface area contributed by atoms with Crippen molar-refractivity contribution in [1.82, 2.24) is 0 Å². The summed E-state index contributed by atoms with van der Waals surface area (Å²) in [6, 6.07) is 8.97. The molecule has 2 aromatic carbocycles. The van der Waals surface area contributed by atoms with E-state index in [4.69, 9.17) is 16.3 Å². The van der Waals surface area contributed by atoms with E-state index >= 15 is 0 Å². The van der Waals surface area contributed by atoms with Gasteiger partial charge in [0.15, 0.2) is 6.61 Å². The lowest BCUT2D eigenvalue weighted by molar-refractivity contribution is -0.147. The summed E-state index contributed by atoms with van der Waals surface area (Å²) in [4.78, 5) is 35.8. The molecule has 8 heteroatoms. The van der Waals surface area contributed by atoms with Crippen molar-refractivity contribution in [2.45, 2.75) is 33.6 Å². The first-order valence-electron chi connectivity index (χ1n) is 8.94. The molecular weight excluding hydrogens is 460 g/mol. The van der Waals surface area contributed by atoms with Gasteiger partial charge in [-0.25, -0.2) is 0 Å². The maximum Gasteiger partial charge on any atom is 0.306 e. The van der Waals surface area contributed by atoms with Gasteiger partial charge in [-0.15, -0.1) is 0 Å². The van der Waals surface area contributed by atoms with Crippen LogP contribution in [0.15, 0.2) is 34.8 Å². The summed E-state index contributed by atoms with van der Waals surface area (Å²) in [5.74, 6) is -1.41. The Morgan fingerprint density at radius 2 is 1.66 bits per heavy atom. The van der Waals surface area contributed by atoms with Crippen LogP contribution in [-0.4, -0.2) is 24.4 Å². The second kappa shape index (κ2) is 10.4. The zero-order valence-corrected chi connectivity index (χ0v) is 18.7. The number of amides is 2. The zero-order chi connectivity index (χ0) is 21.6. The number of hydrogen-bond donors (Lipinski definition) is 2. The van der Waals surface area contributed by atoms with Crippen molar-refractivity contribution in [3.63, 3.8) is 0 Å². The van der Waals surface area contributed by atoms with Crippen molar-refractivity contribution >= 4 is 56.7 Å². The van der Waals surface area contributed by atoms with Crippen LogP contribution in [0.2, 0.25) is 5.02 Å². The van der Waals surface area contributed by atoms with E-state index < -0.39 is 18.5 Å². The van der Waals surface area contributed by atoms with Gasteiger partial charge in [0, 0.05) is 22.3 Å². The van der Waals surface area contributed by atoms with E-state index in [-0.39, 0.29) is 18.7 Å². The highest BCUT2D eigenvalue weighted by Crippen LogP contribution is 2.28. The molecule has 0 saturated heterocycles. The van der Waals surface area contributed by atoms with Gasteiger partial charge in [0.2, 0.25) is 5.91 Å². The molecule has 0 aliphatic carbocycles. The zero-order valence-electron chi connectivity index (χ0n) is 16.4. The Kier molecular flexibility index (Phi) is 8.22. The number of carbonyl (C=O) groups excluding carboxylic acids is 3. The minimum atomic E-state index is -0.624. The first kappa shape index (κ1) is 22.9. The molecule has 0 atom stereocenters. The highest BCUT2D eigenvalue weighted by atomic mass is 79.9. The molecule has 2 rings (SSSR count). The topological polar surface area (TPSA) is 84.5 Å². The molecule has 0 saturated carbocycles. The summed E-state index contributed by atoms with van der Waals surface area (Å²) in [5, 5.41) is 5.83. The molecule has 29 heavy (non-hydrogen) atoms. The van der Waals surface area contributed by atoms with Crippen LogP contribution in [-0.2, 0) is 19.1 Å². The quantitative estimate of drug-likeness (QED) is 0.549. The average molecular weight is 482 g/mol. The Bertz CT molecular complexity index is 947. The Hall–Kier alpha value is -2.38. The summed E-state index contributed by atoms with van der Waals surface area (Å²) < 4.78 is 5.65. The van der Waals surface area contributed by atoms with Crippen LogP contribution < -0.4 is 10.6 Å². The van der Waals surface area contributed by atoms with Crippen LogP contribution in [0, 0.1) is 20.8 Å². The van der Waals surface area contributed by atoms with Gasteiger partial charge in [0.25, 0.3) is 5.91 Å². The Labute approximate surface area is 183 Å². The summed E-state index contributed by atoms with van der Waals surface area (Å²) in [5.41, 5.74) is 4.21. The lowest BCUT2D eigenvalue weighted by Gasteiger charge is -2.10. The van der Waals surface area contributed by atoms with Gasteiger partial charge in [-0.3, -0.25) is 14.4 Å². The predicted molar refractivity (Wildman–Crippen MR) is 117 cm³/mol. The van der Waals surface area contributed by atoms with Crippen molar-refractivity contribution < 1.29 is 19.1 Å². The van der Waals surface area contributed by atoms with Gasteiger partial charge in [-0.05, 0) is 77.7 Å².